The van der Waals surface area contributed by atoms with E-state index in [2.05, 4.69) is 20.8 Å². The van der Waals surface area contributed by atoms with Gasteiger partial charge in [-0.25, -0.2) is 0 Å². The van der Waals surface area contributed by atoms with E-state index in [9.17, 15) is 5.11 Å². The Morgan fingerprint density at radius 3 is 2.15 bits per heavy atom. The smallest absolute Gasteiger partial charge is 0.0487 e. The average molecular weight is 204 g/mol. The minimum Gasteiger partial charge on any atom is -0.396 e. The van der Waals surface area contributed by atoms with E-state index in [0.29, 0.717) is 6.61 Å². The predicted octanol–water partition coefficient (Wildman–Crippen LogP) is 3.32. The predicted molar refractivity (Wildman–Crippen MR) is 62.3 cm³/mol. The minimum atomic E-state index is 0.217. The first-order valence-corrected chi connectivity index (χ1v) is 6.58. The summed E-state index contributed by atoms with van der Waals surface area (Å²) >= 11 is 2.00. The van der Waals surface area contributed by atoms with Crippen LogP contribution in [0.25, 0.3) is 0 Å². The van der Waals surface area contributed by atoms with Gasteiger partial charge >= 0.3 is 0 Å². The van der Waals surface area contributed by atoms with E-state index >= 15 is 0 Å². The molecule has 0 spiro atoms. The Balaban J connectivity index is 3.68. The van der Waals surface area contributed by atoms with Crippen LogP contribution < -0.4 is 0 Å². The zero-order chi connectivity index (χ0) is 10.2. The van der Waals surface area contributed by atoms with Gasteiger partial charge in [-0.3, -0.25) is 0 Å². The fourth-order valence-corrected chi connectivity index (χ4v) is 2.24. The van der Waals surface area contributed by atoms with E-state index in [1.54, 1.807) is 0 Å². The molecule has 80 valence electrons. The molecule has 0 aromatic rings. The van der Waals surface area contributed by atoms with E-state index in [0.717, 1.165) is 12.8 Å². The molecule has 2 heteroatoms. The van der Waals surface area contributed by atoms with Crippen molar-refractivity contribution in [1.29, 1.82) is 0 Å². The van der Waals surface area contributed by atoms with E-state index in [-0.39, 0.29) is 5.41 Å². The standard InChI is InChI=1S/C11H24OS/c1-4-11(5-2,10-12)8-7-9-13-6-3/h12H,4-10H2,1-3H3. The first kappa shape index (κ1) is 13.3. The summed E-state index contributed by atoms with van der Waals surface area (Å²) in [5.74, 6) is 2.46. The van der Waals surface area contributed by atoms with Gasteiger partial charge in [0.1, 0.15) is 0 Å². The Hall–Kier alpha value is 0.310. The Morgan fingerprint density at radius 2 is 1.77 bits per heavy atom. The monoisotopic (exact) mass is 204 g/mol. The highest BCUT2D eigenvalue weighted by molar-refractivity contribution is 7.99. The quantitative estimate of drug-likeness (QED) is 0.612. The molecule has 1 nitrogen and oxygen atoms in total. The molecular formula is C11H24OS. The molecule has 0 aliphatic heterocycles. The van der Waals surface area contributed by atoms with Gasteiger partial charge in [-0.1, -0.05) is 20.8 Å². The Bertz CT molecular complexity index is 102. The van der Waals surface area contributed by atoms with Gasteiger partial charge in [0.15, 0.2) is 0 Å². The van der Waals surface area contributed by atoms with Crippen molar-refractivity contribution < 1.29 is 5.11 Å². The van der Waals surface area contributed by atoms with Gasteiger partial charge in [-0.2, -0.15) is 11.8 Å². The Labute approximate surface area is 87.3 Å². The third-order valence-electron chi connectivity index (χ3n) is 3.04. The molecule has 0 unspecified atom stereocenters. The topological polar surface area (TPSA) is 20.2 Å². The second-order valence-electron chi connectivity index (χ2n) is 3.67. The molecule has 0 rings (SSSR count). The summed E-state index contributed by atoms with van der Waals surface area (Å²) in [6.45, 7) is 6.93. The van der Waals surface area contributed by atoms with Crippen molar-refractivity contribution in [2.75, 3.05) is 18.1 Å². The summed E-state index contributed by atoms with van der Waals surface area (Å²) in [6.07, 6.45) is 4.65. The zero-order valence-corrected chi connectivity index (χ0v) is 10.1. The molecule has 0 amide bonds. The van der Waals surface area contributed by atoms with Crippen LogP contribution in [-0.4, -0.2) is 23.2 Å². The number of aliphatic hydroxyl groups is 1. The molecule has 0 radical (unpaired) electrons. The van der Waals surface area contributed by atoms with E-state index in [1.165, 1.54) is 24.3 Å². The lowest BCUT2D eigenvalue weighted by atomic mass is 9.79. The van der Waals surface area contributed by atoms with Gasteiger partial charge < -0.3 is 5.11 Å². The molecule has 0 fully saturated rings. The van der Waals surface area contributed by atoms with Gasteiger partial charge in [-0.05, 0) is 42.6 Å². The van der Waals surface area contributed by atoms with E-state index in [1.807, 2.05) is 11.8 Å². The molecular weight excluding hydrogens is 180 g/mol. The van der Waals surface area contributed by atoms with Crippen LogP contribution in [-0.2, 0) is 0 Å². The number of thioether (sulfide) groups is 1. The SMILES string of the molecule is CCSCCCC(CC)(CC)CO. The van der Waals surface area contributed by atoms with Gasteiger partial charge in [0.2, 0.25) is 0 Å². The molecule has 0 aromatic carbocycles. The lowest BCUT2D eigenvalue weighted by Crippen LogP contribution is -2.23. The fraction of sp³-hybridized carbons (Fsp3) is 1.00. The van der Waals surface area contributed by atoms with Crippen molar-refractivity contribution in [3.63, 3.8) is 0 Å². The maximum Gasteiger partial charge on any atom is 0.0487 e. The van der Waals surface area contributed by atoms with Crippen molar-refractivity contribution in [2.24, 2.45) is 5.41 Å². The lowest BCUT2D eigenvalue weighted by Gasteiger charge is -2.29. The number of hydrogen-bond donors (Lipinski definition) is 1. The molecule has 0 aliphatic rings. The van der Waals surface area contributed by atoms with Crippen molar-refractivity contribution >= 4 is 11.8 Å². The second-order valence-corrected chi connectivity index (χ2v) is 5.06. The molecule has 1 N–H and O–H groups in total. The molecule has 0 heterocycles. The third kappa shape index (κ3) is 4.92. The van der Waals surface area contributed by atoms with Gasteiger partial charge in [-0.15, -0.1) is 0 Å². The van der Waals surface area contributed by atoms with E-state index in [4.69, 9.17) is 0 Å². The summed E-state index contributed by atoms with van der Waals surface area (Å²) in [4.78, 5) is 0. The van der Waals surface area contributed by atoms with Crippen molar-refractivity contribution in [3.05, 3.63) is 0 Å². The highest BCUT2D eigenvalue weighted by Crippen LogP contribution is 2.31. The van der Waals surface area contributed by atoms with Crippen LogP contribution >= 0.6 is 11.8 Å². The van der Waals surface area contributed by atoms with Crippen LogP contribution in [0.2, 0.25) is 0 Å². The summed E-state index contributed by atoms with van der Waals surface area (Å²) < 4.78 is 0. The highest BCUT2D eigenvalue weighted by atomic mass is 32.2. The summed E-state index contributed by atoms with van der Waals surface area (Å²) in [6, 6.07) is 0. The van der Waals surface area contributed by atoms with Gasteiger partial charge in [0.05, 0.1) is 0 Å². The van der Waals surface area contributed by atoms with Crippen molar-refractivity contribution in [3.8, 4) is 0 Å². The number of aliphatic hydroxyl groups excluding tert-OH is 1. The Morgan fingerprint density at radius 1 is 1.15 bits per heavy atom. The normalized spacial score (nSPS) is 12.0. The first-order chi connectivity index (χ1) is 6.24. The molecule has 0 aromatic heterocycles. The third-order valence-corrected chi connectivity index (χ3v) is 4.02. The summed E-state index contributed by atoms with van der Waals surface area (Å²) in [5.41, 5.74) is 0.217. The maximum absolute atomic E-state index is 9.33. The molecule has 0 saturated carbocycles. The molecule has 13 heavy (non-hydrogen) atoms. The van der Waals surface area contributed by atoms with Crippen molar-refractivity contribution in [1.82, 2.24) is 0 Å². The average Bonchev–Trinajstić information content (AvgIpc) is 2.20. The van der Waals surface area contributed by atoms with Crippen LogP contribution in [0.3, 0.4) is 0 Å². The van der Waals surface area contributed by atoms with Crippen molar-refractivity contribution in [2.45, 2.75) is 46.5 Å². The van der Waals surface area contributed by atoms with Gasteiger partial charge in [0.25, 0.3) is 0 Å². The minimum absolute atomic E-state index is 0.217. The van der Waals surface area contributed by atoms with E-state index < -0.39 is 0 Å². The number of rotatable bonds is 8. The highest BCUT2D eigenvalue weighted by Gasteiger charge is 2.23. The van der Waals surface area contributed by atoms with Crippen LogP contribution in [0.1, 0.15) is 46.5 Å². The van der Waals surface area contributed by atoms with Gasteiger partial charge in [0, 0.05) is 6.61 Å². The zero-order valence-electron chi connectivity index (χ0n) is 9.31. The van der Waals surface area contributed by atoms with Crippen LogP contribution in [0, 0.1) is 5.41 Å². The lowest BCUT2D eigenvalue weighted by molar-refractivity contribution is 0.105. The molecule has 0 saturated heterocycles. The number of hydrogen-bond acceptors (Lipinski definition) is 2. The molecule has 0 aliphatic carbocycles. The molecule has 0 bridgehead atoms. The Kier molecular flexibility index (Phi) is 7.87. The second kappa shape index (κ2) is 7.69. The largest absolute Gasteiger partial charge is 0.396 e. The van der Waals surface area contributed by atoms with Crippen LogP contribution in [0.15, 0.2) is 0 Å². The van der Waals surface area contributed by atoms with Crippen LogP contribution in [0.4, 0.5) is 0 Å². The van der Waals surface area contributed by atoms with Crippen LogP contribution in [0.5, 0.6) is 0 Å². The fourth-order valence-electron chi connectivity index (χ4n) is 1.60. The molecule has 0 atom stereocenters. The maximum atomic E-state index is 9.33. The summed E-state index contributed by atoms with van der Waals surface area (Å²) in [7, 11) is 0. The summed E-state index contributed by atoms with van der Waals surface area (Å²) in [5, 5.41) is 9.33. The first-order valence-electron chi connectivity index (χ1n) is 5.43.